The molecule has 1 aliphatic heterocycles. The summed E-state index contributed by atoms with van der Waals surface area (Å²) in [5, 5.41) is 8.64. The van der Waals surface area contributed by atoms with Crippen molar-refractivity contribution >= 4 is 17.9 Å². The lowest BCUT2D eigenvalue weighted by molar-refractivity contribution is -0.153. The third-order valence-electron chi connectivity index (χ3n) is 5.21. The van der Waals surface area contributed by atoms with E-state index in [4.69, 9.17) is 9.84 Å². The molecule has 0 spiro atoms. The quantitative estimate of drug-likeness (QED) is 0.167. The van der Waals surface area contributed by atoms with E-state index in [0.717, 1.165) is 44.9 Å². The summed E-state index contributed by atoms with van der Waals surface area (Å²) in [5.74, 6) is -1.78. The number of carboxylic acid groups (broad SMARTS) is 1. The number of rotatable bonds is 16. The van der Waals surface area contributed by atoms with Crippen molar-refractivity contribution in [2.24, 2.45) is 11.8 Å². The summed E-state index contributed by atoms with van der Waals surface area (Å²) in [6, 6.07) is 0. The van der Waals surface area contributed by atoms with Crippen LogP contribution in [0.1, 0.15) is 96.8 Å². The zero-order chi connectivity index (χ0) is 19.9. The van der Waals surface area contributed by atoms with Gasteiger partial charge in [-0.15, -0.1) is 0 Å². The molecule has 0 aromatic carbocycles. The van der Waals surface area contributed by atoms with E-state index in [2.05, 4.69) is 19.1 Å². The summed E-state index contributed by atoms with van der Waals surface area (Å²) in [6.45, 7) is 2.21. The SMILES string of the molecule is CCCCCCCC=CC(CCCCCCCC(=O)O)C1CC(=O)OC1=O. The minimum atomic E-state index is -0.737. The van der Waals surface area contributed by atoms with E-state index in [1.807, 2.05) is 0 Å². The molecule has 0 radical (unpaired) electrons. The van der Waals surface area contributed by atoms with E-state index < -0.39 is 11.9 Å². The molecule has 2 atom stereocenters. The zero-order valence-electron chi connectivity index (χ0n) is 16.8. The molecule has 1 aliphatic rings. The molecule has 5 nitrogen and oxygen atoms in total. The summed E-state index contributed by atoms with van der Waals surface area (Å²) < 4.78 is 4.74. The Morgan fingerprint density at radius 1 is 1.07 bits per heavy atom. The van der Waals surface area contributed by atoms with Gasteiger partial charge in [-0.1, -0.05) is 70.4 Å². The number of hydrogen-bond acceptors (Lipinski definition) is 4. The molecule has 27 heavy (non-hydrogen) atoms. The number of allylic oxidation sites excluding steroid dienone is 2. The van der Waals surface area contributed by atoms with Crippen LogP contribution < -0.4 is 0 Å². The first-order valence-corrected chi connectivity index (χ1v) is 10.7. The molecule has 1 rings (SSSR count). The molecule has 1 fully saturated rings. The van der Waals surface area contributed by atoms with Gasteiger partial charge in [0.1, 0.15) is 0 Å². The number of unbranched alkanes of at least 4 members (excludes halogenated alkanes) is 9. The fraction of sp³-hybridized carbons (Fsp3) is 0.773. The molecule has 2 unspecified atom stereocenters. The van der Waals surface area contributed by atoms with Crippen molar-refractivity contribution in [3.63, 3.8) is 0 Å². The predicted molar refractivity (Wildman–Crippen MR) is 105 cm³/mol. The maximum absolute atomic E-state index is 11.9. The van der Waals surface area contributed by atoms with Crippen LogP contribution in [0.25, 0.3) is 0 Å². The van der Waals surface area contributed by atoms with E-state index in [0.29, 0.717) is 0 Å². The van der Waals surface area contributed by atoms with Gasteiger partial charge >= 0.3 is 17.9 Å². The van der Waals surface area contributed by atoms with Crippen LogP contribution in [0.4, 0.5) is 0 Å². The number of carbonyl (C=O) groups excluding carboxylic acids is 2. The van der Waals surface area contributed by atoms with Crippen molar-refractivity contribution < 1.29 is 24.2 Å². The molecule has 0 saturated carbocycles. The van der Waals surface area contributed by atoms with E-state index in [-0.39, 0.29) is 30.6 Å². The second-order valence-corrected chi connectivity index (χ2v) is 7.60. The topological polar surface area (TPSA) is 80.7 Å². The van der Waals surface area contributed by atoms with Crippen molar-refractivity contribution in [1.29, 1.82) is 0 Å². The molecule has 0 aromatic rings. The van der Waals surface area contributed by atoms with Gasteiger partial charge in [0.05, 0.1) is 12.3 Å². The summed E-state index contributed by atoms with van der Waals surface area (Å²) in [4.78, 5) is 33.9. The minimum Gasteiger partial charge on any atom is -0.481 e. The number of cyclic esters (lactones) is 2. The fourth-order valence-corrected chi connectivity index (χ4v) is 3.57. The first-order valence-electron chi connectivity index (χ1n) is 10.7. The second kappa shape index (κ2) is 14.4. The number of carbonyl (C=O) groups is 3. The molecule has 1 saturated heterocycles. The predicted octanol–water partition coefficient (Wildman–Crippen LogP) is 5.42. The average Bonchev–Trinajstić information content (AvgIpc) is 2.96. The Morgan fingerprint density at radius 2 is 1.74 bits per heavy atom. The molecule has 0 aliphatic carbocycles. The standard InChI is InChI=1S/C22H36O5/c1-2-3-4-5-6-8-11-14-18(19-17-21(25)27-22(19)26)15-12-9-7-10-13-16-20(23)24/h11,14,18-19H,2-10,12-13,15-17H2,1H3,(H,23,24). The van der Waals surface area contributed by atoms with Crippen molar-refractivity contribution in [3.05, 3.63) is 12.2 Å². The lowest BCUT2D eigenvalue weighted by Gasteiger charge is -2.16. The van der Waals surface area contributed by atoms with Crippen LogP contribution in [0.3, 0.4) is 0 Å². The van der Waals surface area contributed by atoms with Crippen LogP contribution in [0.2, 0.25) is 0 Å². The van der Waals surface area contributed by atoms with Crippen LogP contribution in [0, 0.1) is 11.8 Å². The normalized spacial score (nSPS) is 18.2. The van der Waals surface area contributed by atoms with E-state index in [9.17, 15) is 14.4 Å². The number of aliphatic carboxylic acids is 1. The Morgan fingerprint density at radius 3 is 2.41 bits per heavy atom. The Kier molecular flexibility index (Phi) is 12.5. The van der Waals surface area contributed by atoms with E-state index in [1.165, 1.54) is 32.1 Å². The number of ether oxygens (including phenoxy) is 1. The summed E-state index contributed by atoms with van der Waals surface area (Å²) in [7, 11) is 0. The summed E-state index contributed by atoms with van der Waals surface area (Å²) in [6.07, 6.45) is 17.5. The molecule has 1 N–H and O–H groups in total. The van der Waals surface area contributed by atoms with Gasteiger partial charge in [0, 0.05) is 6.42 Å². The number of carboxylic acids is 1. The monoisotopic (exact) mass is 380 g/mol. The van der Waals surface area contributed by atoms with Crippen LogP contribution in [-0.2, 0) is 19.1 Å². The lowest BCUT2D eigenvalue weighted by atomic mass is 9.86. The first-order chi connectivity index (χ1) is 13.0. The van der Waals surface area contributed by atoms with Gasteiger partial charge in [-0.05, 0) is 31.6 Å². The Bertz CT molecular complexity index is 483. The highest BCUT2D eigenvalue weighted by Gasteiger charge is 2.37. The van der Waals surface area contributed by atoms with Crippen LogP contribution in [-0.4, -0.2) is 23.0 Å². The molecule has 0 aromatic heterocycles. The molecular weight excluding hydrogens is 344 g/mol. The van der Waals surface area contributed by atoms with Gasteiger partial charge in [-0.2, -0.15) is 0 Å². The third-order valence-corrected chi connectivity index (χ3v) is 5.21. The minimum absolute atomic E-state index is 0.0682. The Hall–Kier alpha value is -1.65. The van der Waals surface area contributed by atoms with Gasteiger partial charge in [0.2, 0.25) is 0 Å². The van der Waals surface area contributed by atoms with Crippen LogP contribution >= 0.6 is 0 Å². The first kappa shape index (κ1) is 23.4. The average molecular weight is 381 g/mol. The smallest absolute Gasteiger partial charge is 0.317 e. The molecule has 0 amide bonds. The molecule has 154 valence electrons. The molecule has 0 bridgehead atoms. The maximum Gasteiger partial charge on any atom is 0.317 e. The summed E-state index contributed by atoms with van der Waals surface area (Å²) >= 11 is 0. The van der Waals surface area contributed by atoms with Crippen molar-refractivity contribution in [2.45, 2.75) is 96.8 Å². The van der Waals surface area contributed by atoms with E-state index in [1.54, 1.807) is 0 Å². The third kappa shape index (κ3) is 10.9. The van der Waals surface area contributed by atoms with Crippen LogP contribution in [0.5, 0.6) is 0 Å². The van der Waals surface area contributed by atoms with Gasteiger partial charge in [-0.25, -0.2) is 0 Å². The van der Waals surface area contributed by atoms with Crippen molar-refractivity contribution in [1.82, 2.24) is 0 Å². The Labute approximate surface area is 163 Å². The second-order valence-electron chi connectivity index (χ2n) is 7.60. The molecular formula is C22H36O5. The fourth-order valence-electron chi connectivity index (χ4n) is 3.57. The van der Waals surface area contributed by atoms with Crippen LogP contribution in [0.15, 0.2) is 12.2 Å². The molecule has 1 heterocycles. The Balaban J connectivity index is 2.34. The van der Waals surface area contributed by atoms with Gasteiger partial charge < -0.3 is 9.84 Å². The van der Waals surface area contributed by atoms with Gasteiger partial charge in [0.15, 0.2) is 0 Å². The summed E-state index contributed by atoms with van der Waals surface area (Å²) in [5.41, 5.74) is 0. The zero-order valence-corrected chi connectivity index (χ0v) is 16.8. The number of hydrogen-bond donors (Lipinski definition) is 1. The molecule has 5 heteroatoms. The van der Waals surface area contributed by atoms with Crippen molar-refractivity contribution in [3.8, 4) is 0 Å². The highest BCUT2D eigenvalue weighted by atomic mass is 16.6. The van der Waals surface area contributed by atoms with Crippen molar-refractivity contribution in [2.75, 3.05) is 0 Å². The van der Waals surface area contributed by atoms with Gasteiger partial charge in [0.25, 0.3) is 0 Å². The largest absolute Gasteiger partial charge is 0.481 e. The van der Waals surface area contributed by atoms with Gasteiger partial charge in [-0.3, -0.25) is 14.4 Å². The maximum atomic E-state index is 11.9. The highest BCUT2D eigenvalue weighted by Crippen LogP contribution is 2.30. The lowest BCUT2D eigenvalue weighted by Crippen LogP contribution is -2.18. The van der Waals surface area contributed by atoms with E-state index >= 15 is 0 Å². The number of esters is 2. The highest BCUT2D eigenvalue weighted by molar-refractivity contribution is 5.94.